The molecule has 0 aliphatic carbocycles. The molecule has 47 heavy (non-hydrogen) atoms. The molecule has 0 radical (unpaired) electrons. The summed E-state index contributed by atoms with van der Waals surface area (Å²) in [5.41, 5.74) is 8.78. The fraction of sp³-hybridized carbons (Fsp3) is 0.341. The highest BCUT2D eigenvalue weighted by Crippen LogP contribution is 2.40. The van der Waals surface area contributed by atoms with Crippen molar-refractivity contribution in [1.29, 1.82) is 0 Å². The zero-order valence-corrected chi connectivity index (χ0v) is 30.1. The van der Waals surface area contributed by atoms with E-state index in [1.165, 1.54) is 22.3 Å². The van der Waals surface area contributed by atoms with Gasteiger partial charge in [-0.05, 0) is 42.7 Å². The van der Waals surface area contributed by atoms with Crippen LogP contribution >= 0.6 is 0 Å². The van der Waals surface area contributed by atoms with Crippen molar-refractivity contribution in [3.63, 3.8) is 0 Å². The normalized spacial score (nSPS) is 12.9. The molecule has 0 aliphatic rings. The highest BCUT2D eigenvalue weighted by molar-refractivity contribution is 7.94. The van der Waals surface area contributed by atoms with E-state index in [1.807, 2.05) is 49.4 Å². The number of imidazole rings is 1. The predicted molar refractivity (Wildman–Crippen MR) is 194 cm³/mol. The third-order valence-corrected chi connectivity index (χ3v) is 10.3. The summed E-state index contributed by atoms with van der Waals surface area (Å²) in [7, 11) is -4.06. The molecule has 0 amide bonds. The Labute approximate surface area is 282 Å². The van der Waals surface area contributed by atoms with Crippen molar-refractivity contribution in [3.05, 3.63) is 147 Å². The van der Waals surface area contributed by atoms with E-state index in [0.717, 1.165) is 28.3 Å². The van der Waals surface area contributed by atoms with Crippen LogP contribution in [-0.2, 0) is 10.0 Å². The molecule has 0 saturated heterocycles. The van der Waals surface area contributed by atoms with Crippen molar-refractivity contribution in [2.45, 2.75) is 96.9 Å². The number of aromatic nitrogens is 2. The molecule has 0 N–H and O–H groups in total. The van der Waals surface area contributed by atoms with Gasteiger partial charge in [-0.3, -0.25) is 0 Å². The topological polar surface area (TPSA) is 57.1 Å². The van der Waals surface area contributed by atoms with Crippen LogP contribution in [-0.4, -0.2) is 13.0 Å². The van der Waals surface area contributed by atoms with Crippen molar-refractivity contribution in [3.8, 4) is 11.4 Å². The smallest absolute Gasteiger partial charge is 0.254 e. The number of sulfonamides is 1. The van der Waals surface area contributed by atoms with E-state index in [0.29, 0.717) is 0 Å². The van der Waals surface area contributed by atoms with Crippen LogP contribution < -0.4 is 4.57 Å². The standard InChI is InChI=1S/C41H49N3O2S/c1-27(2)34-17-13-18-35(28(3)4)39(34)43-25-26-44(40-36(29(5)6)19-14-20-37(40)30(7)8)41(43)38(32-15-11-10-12-16-32)42-47(45,46)33-23-21-31(9)22-24-33/h10-30,38H,1-9H3. The second-order valence-electron chi connectivity index (χ2n) is 13.8. The lowest BCUT2D eigenvalue weighted by Gasteiger charge is -2.31. The molecule has 1 aromatic heterocycles. The van der Waals surface area contributed by atoms with E-state index in [2.05, 4.69) is 113 Å². The summed E-state index contributed by atoms with van der Waals surface area (Å²) < 4.78 is 37.7. The van der Waals surface area contributed by atoms with Crippen LogP contribution in [0, 0.1) is 6.92 Å². The minimum absolute atomic E-state index is 0.185. The Balaban J connectivity index is 1.93. The molecule has 0 fully saturated rings. The van der Waals surface area contributed by atoms with Crippen LogP contribution in [0.3, 0.4) is 0 Å². The van der Waals surface area contributed by atoms with Crippen molar-refractivity contribution in [2.75, 3.05) is 0 Å². The van der Waals surface area contributed by atoms with Crippen molar-refractivity contribution in [2.24, 2.45) is 0 Å². The lowest BCUT2D eigenvalue weighted by Crippen LogP contribution is -2.39. The molecule has 6 heteroatoms. The SMILES string of the molecule is Cc1ccc(S(=O)(=O)[N-]C(c2ccccc2)c2n(-c3c(C(C)C)cccc3C(C)C)cc[n+]2-c2c(C(C)C)cccc2C(C)C)cc1. The maximum atomic E-state index is 14.2. The zero-order valence-electron chi connectivity index (χ0n) is 29.3. The molecule has 0 bridgehead atoms. The molecule has 1 atom stereocenters. The summed E-state index contributed by atoms with van der Waals surface area (Å²) in [6.07, 6.45) is 4.21. The van der Waals surface area contributed by atoms with E-state index in [-0.39, 0.29) is 28.6 Å². The molecule has 0 aliphatic heterocycles. The third-order valence-electron chi connectivity index (χ3n) is 8.95. The van der Waals surface area contributed by atoms with Crippen LogP contribution in [0.4, 0.5) is 0 Å². The molecule has 5 nitrogen and oxygen atoms in total. The van der Waals surface area contributed by atoms with Gasteiger partial charge in [-0.1, -0.05) is 145 Å². The monoisotopic (exact) mass is 647 g/mol. The van der Waals surface area contributed by atoms with Crippen molar-refractivity contribution < 1.29 is 13.0 Å². The van der Waals surface area contributed by atoms with Gasteiger partial charge in [0.1, 0.15) is 33.8 Å². The summed E-state index contributed by atoms with van der Waals surface area (Å²) in [5, 5.41) is 0. The average molecular weight is 648 g/mol. The van der Waals surface area contributed by atoms with Crippen molar-refractivity contribution in [1.82, 2.24) is 4.57 Å². The van der Waals surface area contributed by atoms with Crippen LogP contribution in [0.15, 0.2) is 108 Å². The van der Waals surface area contributed by atoms with Gasteiger partial charge in [-0.2, -0.15) is 9.13 Å². The Morgan fingerprint density at radius 2 is 1.11 bits per heavy atom. The lowest BCUT2D eigenvalue weighted by molar-refractivity contribution is -0.605. The number of rotatable bonds is 11. The van der Waals surface area contributed by atoms with Crippen LogP contribution in [0.25, 0.3) is 16.1 Å². The number of aryl methyl sites for hydroxylation is 1. The van der Waals surface area contributed by atoms with Crippen LogP contribution in [0.5, 0.6) is 0 Å². The fourth-order valence-corrected chi connectivity index (χ4v) is 7.52. The lowest BCUT2D eigenvalue weighted by atomic mass is 9.91. The van der Waals surface area contributed by atoms with E-state index in [4.69, 9.17) is 4.72 Å². The Hall–Kier alpha value is -4.00. The summed E-state index contributed by atoms with van der Waals surface area (Å²) >= 11 is 0. The molecular weight excluding hydrogens is 599 g/mol. The van der Waals surface area contributed by atoms with E-state index >= 15 is 0 Å². The first kappa shape index (κ1) is 34.3. The number of para-hydroxylation sites is 2. The molecule has 0 spiro atoms. The minimum atomic E-state index is -4.06. The first-order valence-corrected chi connectivity index (χ1v) is 18.2. The fourth-order valence-electron chi connectivity index (χ4n) is 6.43. The van der Waals surface area contributed by atoms with Gasteiger partial charge >= 0.3 is 0 Å². The summed E-state index contributed by atoms with van der Waals surface area (Å²) in [6.45, 7) is 19.7. The number of benzene rings is 4. The average Bonchev–Trinajstić information content (AvgIpc) is 3.47. The minimum Gasteiger partial charge on any atom is -0.528 e. The zero-order chi connectivity index (χ0) is 34.0. The highest BCUT2D eigenvalue weighted by Gasteiger charge is 2.33. The molecular formula is C41H49N3O2S. The Kier molecular flexibility index (Phi) is 10.2. The Bertz CT molecular complexity index is 1800. The van der Waals surface area contributed by atoms with E-state index < -0.39 is 16.1 Å². The maximum absolute atomic E-state index is 14.2. The van der Waals surface area contributed by atoms with Gasteiger partial charge in [-0.25, -0.2) is 8.42 Å². The van der Waals surface area contributed by atoms with Gasteiger partial charge in [0.2, 0.25) is 0 Å². The molecule has 1 unspecified atom stereocenters. The maximum Gasteiger partial charge on any atom is 0.254 e. The first-order valence-electron chi connectivity index (χ1n) is 16.8. The number of hydrogen-bond acceptors (Lipinski definition) is 2. The summed E-state index contributed by atoms with van der Waals surface area (Å²) in [5.74, 6) is 1.74. The van der Waals surface area contributed by atoms with Crippen molar-refractivity contribution >= 4 is 10.0 Å². The van der Waals surface area contributed by atoms with Crippen LogP contribution in [0.1, 0.15) is 124 Å². The molecule has 5 rings (SSSR count). The summed E-state index contributed by atoms with van der Waals surface area (Å²) in [4.78, 5) is 0.185. The van der Waals surface area contributed by atoms with Gasteiger partial charge in [0.15, 0.2) is 0 Å². The predicted octanol–water partition coefficient (Wildman–Crippen LogP) is 10.4. The Morgan fingerprint density at radius 3 is 1.60 bits per heavy atom. The molecule has 4 aromatic carbocycles. The van der Waals surface area contributed by atoms with Gasteiger partial charge in [-0.15, -0.1) is 0 Å². The molecule has 246 valence electrons. The molecule has 5 aromatic rings. The highest BCUT2D eigenvalue weighted by atomic mass is 32.2. The van der Waals surface area contributed by atoms with E-state index in [9.17, 15) is 8.42 Å². The molecule has 0 saturated carbocycles. The number of hydrogen-bond donors (Lipinski definition) is 0. The quantitative estimate of drug-likeness (QED) is 0.134. The van der Waals surface area contributed by atoms with Gasteiger partial charge < -0.3 is 4.72 Å². The Morgan fingerprint density at radius 1 is 0.617 bits per heavy atom. The molecule has 1 heterocycles. The van der Waals surface area contributed by atoms with Gasteiger partial charge in [0, 0.05) is 33.2 Å². The third kappa shape index (κ3) is 7.00. The van der Waals surface area contributed by atoms with E-state index in [1.54, 1.807) is 12.1 Å². The summed E-state index contributed by atoms with van der Waals surface area (Å²) in [6, 6.07) is 29.0. The number of nitrogens with zero attached hydrogens (tertiary/aromatic N) is 3. The second-order valence-corrected chi connectivity index (χ2v) is 15.4. The first-order chi connectivity index (χ1) is 22.3. The largest absolute Gasteiger partial charge is 0.528 e. The second kappa shape index (κ2) is 14.0. The van der Waals surface area contributed by atoms with Crippen LogP contribution in [0.2, 0.25) is 0 Å². The van der Waals surface area contributed by atoms with Gasteiger partial charge in [0.25, 0.3) is 5.82 Å². The van der Waals surface area contributed by atoms with Gasteiger partial charge in [0.05, 0.1) is 0 Å².